The molecule has 16 heavy (non-hydrogen) atoms. The topological polar surface area (TPSA) is 55.1 Å². The normalized spacial score (nSPS) is 10.6. The number of carbonyl (C=O) groups is 1. The van der Waals surface area contributed by atoms with Crippen LogP contribution >= 0.6 is 0 Å². The third-order valence-corrected chi connectivity index (χ3v) is 2.02. The highest BCUT2D eigenvalue weighted by molar-refractivity contribution is 5.94. The molecule has 0 radical (unpaired) electrons. The summed E-state index contributed by atoms with van der Waals surface area (Å²) in [5.41, 5.74) is 4.73. The molecule has 88 valence electrons. The molecule has 0 unspecified atom stereocenters. The van der Waals surface area contributed by atoms with Gasteiger partial charge in [0.2, 0.25) is 0 Å². The minimum Gasteiger partial charge on any atom is -0.382 e. The highest BCUT2D eigenvalue weighted by Crippen LogP contribution is 2.19. The van der Waals surface area contributed by atoms with Crippen molar-refractivity contribution in [3.05, 3.63) is 29.3 Å². The summed E-state index contributed by atoms with van der Waals surface area (Å²) in [7, 11) is 0. The number of benzene rings is 1. The van der Waals surface area contributed by atoms with Crippen LogP contribution in [0.4, 0.5) is 14.5 Å². The smallest absolute Gasteiger partial charge is 0.251 e. The Kier molecular flexibility index (Phi) is 3.82. The zero-order valence-electron chi connectivity index (χ0n) is 9.18. The second-order valence-electron chi connectivity index (χ2n) is 3.95. The first-order valence-electron chi connectivity index (χ1n) is 4.94. The molecule has 1 aromatic rings. The van der Waals surface area contributed by atoms with E-state index in [0.717, 1.165) is 6.07 Å². The van der Waals surface area contributed by atoms with Gasteiger partial charge in [-0.1, -0.05) is 13.8 Å². The van der Waals surface area contributed by atoms with Crippen molar-refractivity contribution in [1.29, 1.82) is 0 Å². The van der Waals surface area contributed by atoms with Crippen LogP contribution in [0.5, 0.6) is 0 Å². The molecule has 3 nitrogen and oxygen atoms in total. The number of primary amides is 1. The summed E-state index contributed by atoms with van der Waals surface area (Å²) in [6.45, 7) is 4.42. The van der Waals surface area contributed by atoms with E-state index in [9.17, 15) is 13.6 Å². The molecule has 5 heteroatoms. The summed E-state index contributed by atoms with van der Waals surface area (Å²) in [4.78, 5) is 10.9. The predicted octanol–water partition coefficient (Wildman–Crippen LogP) is 2.13. The highest BCUT2D eigenvalue weighted by atomic mass is 19.1. The fourth-order valence-corrected chi connectivity index (χ4v) is 1.19. The van der Waals surface area contributed by atoms with Gasteiger partial charge in [0.15, 0.2) is 0 Å². The van der Waals surface area contributed by atoms with Gasteiger partial charge in [-0.05, 0) is 12.0 Å². The van der Waals surface area contributed by atoms with Crippen molar-refractivity contribution in [2.24, 2.45) is 11.7 Å². The third-order valence-electron chi connectivity index (χ3n) is 2.02. The van der Waals surface area contributed by atoms with Gasteiger partial charge in [0.05, 0.1) is 11.3 Å². The number of hydrogen-bond acceptors (Lipinski definition) is 2. The van der Waals surface area contributed by atoms with Crippen molar-refractivity contribution in [1.82, 2.24) is 0 Å². The number of carbonyl (C=O) groups excluding carboxylic acids is 1. The maximum absolute atomic E-state index is 13.3. The van der Waals surface area contributed by atoms with Crippen LogP contribution in [0.1, 0.15) is 24.2 Å². The Morgan fingerprint density at radius 2 is 2.00 bits per heavy atom. The quantitative estimate of drug-likeness (QED) is 0.829. The molecular formula is C11H14F2N2O. The van der Waals surface area contributed by atoms with Gasteiger partial charge in [0.25, 0.3) is 5.91 Å². The summed E-state index contributed by atoms with van der Waals surface area (Å²) in [6, 6.07) is 1.75. The van der Waals surface area contributed by atoms with E-state index < -0.39 is 17.5 Å². The predicted molar refractivity (Wildman–Crippen MR) is 58.2 cm³/mol. The van der Waals surface area contributed by atoms with Gasteiger partial charge in [0, 0.05) is 12.6 Å². The maximum Gasteiger partial charge on any atom is 0.251 e. The second-order valence-corrected chi connectivity index (χ2v) is 3.95. The molecule has 0 aliphatic heterocycles. The van der Waals surface area contributed by atoms with Crippen molar-refractivity contribution in [3.8, 4) is 0 Å². The summed E-state index contributed by atoms with van der Waals surface area (Å²) < 4.78 is 26.4. The van der Waals surface area contributed by atoms with Gasteiger partial charge in [0.1, 0.15) is 11.6 Å². The van der Waals surface area contributed by atoms with Gasteiger partial charge in [-0.25, -0.2) is 8.78 Å². The summed E-state index contributed by atoms with van der Waals surface area (Å²) in [5.74, 6) is -2.28. The van der Waals surface area contributed by atoms with Crippen LogP contribution < -0.4 is 11.1 Å². The molecule has 0 bridgehead atoms. The summed E-state index contributed by atoms with van der Waals surface area (Å²) in [5, 5.41) is 2.79. The number of amides is 1. The fourth-order valence-electron chi connectivity index (χ4n) is 1.19. The molecule has 3 N–H and O–H groups in total. The second kappa shape index (κ2) is 4.92. The number of nitrogens with one attached hydrogen (secondary N) is 1. The van der Waals surface area contributed by atoms with E-state index >= 15 is 0 Å². The minimum atomic E-state index is -0.944. The molecule has 0 aliphatic carbocycles. The van der Waals surface area contributed by atoms with E-state index in [4.69, 9.17) is 5.73 Å². The number of halogens is 2. The van der Waals surface area contributed by atoms with Gasteiger partial charge in [-0.3, -0.25) is 4.79 Å². The molecule has 0 saturated carbocycles. The molecule has 0 atom stereocenters. The van der Waals surface area contributed by atoms with Crippen molar-refractivity contribution >= 4 is 11.6 Å². The lowest BCUT2D eigenvalue weighted by Crippen LogP contribution is -2.15. The Hall–Kier alpha value is -1.65. The summed E-state index contributed by atoms with van der Waals surface area (Å²) in [6.07, 6.45) is 0. The van der Waals surface area contributed by atoms with Crippen LogP contribution in [0.3, 0.4) is 0 Å². The summed E-state index contributed by atoms with van der Waals surface area (Å²) >= 11 is 0. The molecule has 1 amide bonds. The minimum absolute atomic E-state index is 0.0869. The van der Waals surface area contributed by atoms with Crippen molar-refractivity contribution < 1.29 is 13.6 Å². The van der Waals surface area contributed by atoms with Gasteiger partial charge in [-0.15, -0.1) is 0 Å². The Morgan fingerprint density at radius 1 is 1.38 bits per heavy atom. The van der Waals surface area contributed by atoms with E-state index in [1.165, 1.54) is 0 Å². The largest absolute Gasteiger partial charge is 0.382 e. The third kappa shape index (κ3) is 2.92. The highest BCUT2D eigenvalue weighted by Gasteiger charge is 2.13. The standard InChI is InChI=1S/C11H14F2N2O/c1-6(2)5-15-10-3-7(11(14)16)8(12)4-9(10)13/h3-4,6,15H,5H2,1-2H3,(H2,14,16). The molecule has 0 saturated heterocycles. The molecule has 0 heterocycles. The van der Waals surface area contributed by atoms with Gasteiger partial charge >= 0.3 is 0 Å². The van der Waals surface area contributed by atoms with Crippen molar-refractivity contribution in [2.75, 3.05) is 11.9 Å². The molecule has 1 aromatic carbocycles. The van der Waals surface area contributed by atoms with E-state index in [1.807, 2.05) is 13.8 Å². The molecular weight excluding hydrogens is 214 g/mol. The molecule has 0 fully saturated rings. The molecule has 0 aromatic heterocycles. The Morgan fingerprint density at radius 3 is 2.50 bits per heavy atom. The molecule has 0 spiro atoms. The van der Waals surface area contributed by atoms with Gasteiger partial charge < -0.3 is 11.1 Å². The van der Waals surface area contributed by atoms with E-state index in [0.29, 0.717) is 18.5 Å². The SMILES string of the molecule is CC(C)CNc1cc(C(N)=O)c(F)cc1F. The zero-order valence-corrected chi connectivity index (χ0v) is 9.18. The monoisotopic (exact) mass is 228 g/mol. The Bertz CT molecular complexity index is 405. The number of anilines is 1. The van der Waals surface area contributed by atoms with Gasteiger partial charge in [-0.2, -0.15) is 0 Å². The molecule has 1 rings (SSSR count). The number of hydrogen-bond donors (Lipinski definition) is 2. The van der Waals surface area contributed by atoms with Crippen molar-refractivity contribution in [2.45, 2.75) is 13.8 Å². The lowest BCUT2D eigenvalue weighted by Gasteiger charge is -2.11. The van der Waals surface area contributed by atoms with Crippen LogP contribution in [0.25, 0.3) is 0 Å². The van der Waals surface area contributed by atoms with Crippen LogP contribution in [-0.4, -0.2) is 12.5 Å². The van der Waals surface area contributed by atoms with E-state index in [2.05, 4.69) is 5.32 Å². The lowest BCUT2D eigenvalue weighted by atomic mass is 10.1. The fraction of sp³-hybridized carbons (Fsp3) is 0.364. The van der Waals surface area contributed by atoms with Crippen molar-refractivity contribution in [3.63, 3.8) is 0 Å². The Balaban J connectivity index is 3.00. The van der Waals surface area contributed by atoms with Crippen LogP contribution in [0, 0.1) is 17.6 Å². The first-order valence-corrected chi connectivity index (χ1v) is 4.94. The van der Waals surface area contributed by atoms with Crippen LogP contribution in [-0.2, 0) is 0 Å². The van der Waals surface area contributed by atoms with Crippen LogP contribution in [0.2, 0.25) is 0 Å². The average Bonchev–Trinajstić information content (AvgIpc) is 2.15. The Labute approximate surface area is 92.6 Å². The first-order chi connectivity index (χ1) is 7.41. The van der Waals surface area contributed by atoms with E-state index in [-0.39, 0.29) is 11.3 Å². The lowest BCUT2D eigenvalue weighted by molar-refractivity contribution is 0.0996. The molecule has 0 aliphatic rings. The van der Waals surface area contributed by atoms with E-state index in [1.54, 1.807) is 0 Å². The maximum atomic E-state index is 13.3. The first kappa shape index (κ1) is 12.4. The zero-order chi connectivity index (χ0) is 12.3. The number of nitrogens with two attached hydrogens (primary N) is 1. The van der Waals surface area contributed by atoms with Crippen LogP contribution in [0.15, 0.2) is 12.1 Å². The average molecular weight is 228 g/mol. The number of rotatable bonds is 4.